The number of benzene rings is 2. The van der Waals surface area contributed by atoms with E-state index in [9.17, 15) is 18.0 Å². The van der Waals surface area contributed by atoms with Crippen molar-refractivity contribution in [1.82, 2.24) is 10.2 Å². The third-order valence-electron chi connectivity index (χ3n) is 6.33. The number of hydrogen-bond donors (Lipinski definition) is 1. The second-order valence-electron chi connectivity index (χ2n) is 9.37. The monoisotopic (exact) mass is 603 g/mol. The van der Waals surface area contributed by atoms with Gasteiger partial charge in [-0.3, -0.25) is 13.9 Å². The molecule has 0 aliphatic rings. The quantitative estimate of drug-likeness (QED) is 0.294. The van der Waals surface area contributed by atoms with Gasteiger partial charge in [0, 0.05) is 40.6 Å². The summed E-state index contributed by atoms with van der Waals surface area (Å²) in [5.74, 6) is -0.522. The molecule has 0 unspecified atom stereocenters. The predicted molar refractivity (Wildman–Crippen MR) is 157 cm³/mol. The van der Waals surface area contributed by atoms with Crippen molar-refractivity contribution in [1.29, 1.82) is 0 Å². The molecule has 2 aromatic carbocycles. The van der Waals surface area contributed by atoms with Crippen molar-refractivity contribution in [2.75, 3.05) is 17.1 Å². The van der Waals surface area contributed by atoms with E-state index in [0.29, 0.717) is 32.7 Å². The first kappa shape index (κ1) is 32.2. The molecule has 2 rings (SSSR count). The smallest absolute Gasteiger partial charge is 0.243 e. The van der Waals surface area contributed by atoms with E-state index in [4.69, 9.17) is 34.8 Å². The standard InChI is InChI=1S/C27H36Cl3N3O4S/c1-6-19(4)31-27(35)24(7-2)32(17-20-11-13-21(28)15-23(20)30)26(34)9-8-14-33(38(5,36)37)25-16-22(29)12-10-18(25)3/h10-13,15-16,19,24H,6-9,14,17H2,1-5H3,(H,31,35)/t19-,24+/m1/s1. The number of hydrogen-bond acceptors (Lipinski definition) is 4. The molecule has 2 amide bonds. The maximum absolute atomic E-state index is 13.6. The molecular weight excluding hydrogens is 569 g/mol. The number of carbonyl (C=O) groups excluding carboxylic acids is 2. The fourth-order valence-electron chi connectivity index (χ4n) is 4.03. The number of amides is 2. The molecule has 210 valence electrons. The van der Waals surface area contributed by atoms with Crippen molar-refractivity contribution in [2.45, 2.75) is 72.0 Å². The second-order valence-corrected chi connectivity index (χ2v) is 12.6. The minimum Gasteiger partial charge on any atom is -0.352 e. The molecule has 11 heteroatoms. The maximum Gasteiger partial charge on any atom is 0.243 e. The first-order valence-corrected chi connectivity index (χ1v) is 15.5. The summed E-state index contributed by atoms with van der Waals surface area (Å²) in [6, 6.07) is 9.29. The summed E-state index contributed by atoms with van der Waals surface area (Å²) >= 11 is 18.6. The highest BCUT2D eigenvalue weighted by Crippen LogP contribution is 2.27. The Bertz CT molecular complexity index is 1240. The van der Waals surface area contributed by atoms with Crippen LogP contribution in [0.4, 0.5) is 5.69 Å². The minimum atomic E-state index is -3.63. The zero-order valence-electron chi connectivity index (χ0n) is 22.4. The number of rotatable bonds is 13. The van der Waals surface area contributed by atoms with Crippen molar-refractivity contribution in [3.05, 3.63) is 62.6 Å². The molecule has 0 bridgehead atoms. The second kappa shape index (κ2) is 14.4. The normalized spacial score (nSPS) is 13.1. The van der Waals surface area contributed by atoms with Crippen LogP contribution in [-0.2, 0) is 26.2 Å². The van der Waals surface area contributed by atoms with E-state index in [1.165, 1.54) is 9.21 Å². The fourth-order valence-corrected chi connectivity index (χ4v) is 5.68. The van der Waals surface area contributed by atoms with Crippen LogP contribution in [0.5, 0.6) is 0 Å². The molecule has 2 aromatic rings. The predicted octanol–water partition coefficient (Wildman–Crippen LogP) is 6.22. The van der Waals surface area contributed by atoms with Crippen LogP contribution in [0.2, 0.25) is 15.1 Å². The van der Waals surface area contributed by atoms with Gasteiger partial charge in [-0.2, -0.15) is 0 Å². The zero-order valence-corrected chi connectivity index (χ0v) is 25.5. The summed E-state index contributed by atoms with van der Waals surface area (Å²) in [7, 11) is -3.63. The van der Waals surface area contributed by atoms with Gasteiger partial charge in [-0.25, -0.2) is 8.42 Å². The molecular formula is C27H36Cl3N3O4S. The van der Waals surface area contributed by atoms with Gasteiger partial charge in [0.2, 0.25) is 21.8 Å². The van der Waals surface area contributed by atoms with Crippen molar-refractivity contribution >= 4 is 62.3 Å². The van der Waals surface area contributed by atoms with Gasteiger partial charge in [-0.1, -0.05) is 60.8 Å². The fraction of sp³-hybridized carbons (Fsp3) is 0.481. The summed E-state index contributed by atoms with van der Waals surface area (Å²) in [5, 5.41) is 4.25. The lowest BCUT2D eigenvalue weighted by atomic mass is 10.1. The number of halogens is 3. The van der Waals surface area contributed by atoms with Gasteiger partial charge in [0.05, 0.1) is 11.9 Å². The van der Waals surface area contributed by atoms with Crippen LogP contribution in [0, 0.1) is 6.92 Å². The van der Waals surface area contributed by atoms with Gasteiger partial charge in [0.25, 0.3) is 0 Å². The van der Waals surface area contributed by atoms with Crippen molar-refractivity contribution < 1.29 is 18.0 Å². The van der Waals surface area contributed by atoms with E-state index < -0.39 is 16.1 Å². The molecule has 0 spiro atoms. The summed E-state index contributed by atoms with van der Waals surface area (Å²) in [4.78, 5) is 28.2. The SMILES string of the molecule is CC[C@@H](C)NC(=O)[C@H](CC)N(Cc1ccc(Cl)cc1Cl)C(=O)CCCN(c1cc(Cl)ccc1C)S(C)(=O)=O. The number of carbonyl (C=O) groups is 2. The van der Waals surface area contributed by atoms with Crippen molar-refractivity contribution in [3.63, 3.8) is 0 Å². The van der Waals surface area contributed by atoms with Crippen LogP contribution in [0.15, 0.2) is 36.4 Å². The summed E-state index contributed by atoms with van der Waals surface area (Å²) < 4.78 is 26.4. The average Bonchev–Trinajstić information content (AvgIpc) is 2.83. The zero-order chi connectivity index (χ0) is 28.6. The maximum atomic E-state index is 13.6. The first-order valence-electron chi connectivity index (χ1n) is 12.6. The Morgan fingerprint density at radius 2 is 1.63 bits per heavy atom. The molecule has 38 heavy (non-hydrogen) atoms. The van der Waals surface area contributed by atoms with Crippen LogP contribution in [-0.4, -0.2) is 50.0 Å². The highest BCUT2D eigenvalue weighted by atomic mass is 35.5. The Morgan fingerprint density at radius 3 is 2.21 bits per heavy atom. The lowest BCUT2D eigenvalue weighted by molar-refractivity contribution is -0.141. The minimum absolute atomic E-state index is 0.0317. The van der Waals surface area contributed by atoms with Gasteiger partial charge >= 0.3 is 0 Å². The van der Waals surface area contributed by atoms with Crippen LogP contribution >= 0.6 is 34.8 Å². The Morgan fingerprint density at radius 1 is 1.00 bits per heavy atom. The van der Waals surface area contributed by atoms with Gasteiger partial charge in [-0.05, 0) is 68.5 Å². The van der Waals surface area contributed by atoms with Gasteiger partial charge in [0.15, 0.2) is 0 Å². The topological polar surface area (TPSA) is 86.8 Å². The van der Waals surface area contributed by atoms with E-state index >= 15 is 0 Å². The molecule has 0 heterocycles. The first-order chi connectivity index (χ1) is 17.8. The van der Waals surface area contributed by atoms with Gasteiger partial charge < -0.3 is 10.2 Å². The third kappa shape index (κ3) is 9.04. The number of nitrogens with zero attached hydrogens (tertiary/aromatic N) is 2. The Hall–Kier alpha value is -2.00. The van der Waals surface area contributed by atoms with Gasteiger partial charge in [0.1, 0.15) is 6.04 Å². The van der Waals surface area contributed by atoms with Crippen LogP contribution in [0.1, 0.15) is 57.6 Å². The third-order valence-corrected chi connectivity index (χ3v) is 8.34. The van der Waals surface area contributed by atoms with E-state index in [0.717, 1.165) is 18.2 Å². The van der Waals surface area contributed by atoms with E-state index in [-0.39, 0.29) is 43.8 Å². The molecule has 1 N–H and O–H groups in total. The molecule has 0 fully saturated rings. The molecule has 0 saturated heterocycles. The highest BCUT2D eigenvalue weighted by molar-refractivity contribution is 7.92. The van der Waals surface area contributed by atoms with Gasteiger partial charge in [-0.15, -0.1) is 0 Å². The number of aryl methyl sites for hydroxylation is 1. The number of sulfonamides is 1. The molecule has 0 aliphatic carbocycles. The lowest BCUT2D eigenvalue weighted by Crippen LogP contribution is -2.50. The molecule has 0 radical (unpaired) electrons. The van der Waals surface area contributed by atoms with Crippen molar-refractivity contribution in [3.8, 4) is 0 Å². The van der Waals surface area contributed by atoms with E-state index in [1.54, 1.807) is 43.3 Å². The Labute approximate surface area is 241 Å². The molecule has 2 atom stereocenters. The summed E-state index contributed by atoms with van der Waals surface area (Å²) in [5.41, 5.74) is 1.88. The molecule has 0 aliphatic heterocycles. The number of anilines is 1. The summed E-state index contributed by atoms with van der Waals surface area (Å²) in [6.45, 7) is 7.72. The summed E-state index contributed by atoms with van der Waals surface area (Å²) in [6.07, 6.45) is 2.55. The Kier molecular flexibility index (Phi) is 12.2. The molecule has 0 saturated carbocycles. The Balaban J connectivity index is 2.30. The lowest BCUT2D eigenvalue weighted by Gasteiger charge is -2.32. The van der Waals surface area contributed by atoms with Crippen molar-refractivity contribution in [2.24, 2.45) is 0 Å². The van der Waals surface area contributed by atoms with Crippen LogP contribution in [0.3, 0.4) is 0 Å². The highest BCUT2D eigenvalue weighted by Gasteiger charge is 2.30. The number of nitrogens with one attached hydrogen (secondary N) is 1. The average molecular weight is 605 g/mol. The molecule has 7 nitrogen and oxygen atoms in total. The largest absolute Gasteiger partial charge is 0.352 e. The molecule has 0 aromatic heterocycles. The van der Waals surface area contributed by atoms with E-state index in [2.05, 4.69) is 5.32 Å². The van der Waals surface area contributed by atoms with Crippen LogP contribution < -0.4 is 9.62 Å². The van der Waals surface area contributed by atoms with E-state index in [1.807, 2.05) is 20.8 Å². The van der Waals surface area contributed by atoms with Crippen LogP contribution in [0.25, 0.3) is 0 Å².